The van der Waals surface area contributed by atoms with E-state index in [1.165, 1.54) is 24.4 Å². The molecular weight excluding hydrogens is 299 g/mol. The first-order chi connectivity index (χ1) is 11.0. The van der Waals surface area contributed by atoms with Gasteiger partial charge in [0.25, 0.3) is 5.91 Å². The van der Waals surface area contributed by atoms with Crippen molar-refractivity contribution in [2.75, 3.05) is 16.4 Å². The van der Waals surface area contributed by atoms with Crippen molar-refractivity contribution in [2.24, 2.45) is 5.92 Å². The maximum absolute atomic E-state index is 13.7. The Morgan fingerprint density at radius 1 is 1.17 bits per heavy atom. The predicted molar refractivity (Wildman–Crippen MR) is 84.4 cm³/mol. The fraction of sp³-hybridized carbons (Fsp3) is 0.188. The lowest BCUT2D eigenvalue weighted by atomic mass is 10.1. The van der Waals surface area contributed by atoms with E-state index in [-0.39, 0.29) is 23.1 Å². The minimum absolute atomic E-state index is 0.0546. The number of nitrogens with two attached hydrogens (primary N) is 1. The Morgan fingerprint density at radius 3 is 2.65 bits per heavy atom. The van der Waals surface area contributed by atoms with Gasteiger partial charge >= 0.3 is 0 Å². The van der Waals surface area contributed by atoms with Gasteiger partial charge in [0.05, 0.1) is 5.56 Å². The van der Waals surface area contributed by atoms with Crippen molar-refractivity contribution in [1.82, 2.24) is 4.98 Å². The Labute approximate surface area is 131 Å². The Balaban J connectivity index is 1.71. The summed E-state index contributed by atoms with van der Waals surface area (Å²) >= 11 is 0. The van der Waals surface area contributed by atoms with Crippen LogP contribution in [-0.2, 0) is 4.79 Å². The number of nitrogen functional groups attached to an aromatic ring is 1. The molecule has 1 saturated carbocycles. The lowest BCUT2D eigenvalue weighted by molar-refractivity contribution is -0.117. The number of anilines is 3. The van der Waals surface area contributed by atoms with Gasteiger partial charge in [0, 0.05) is 29.6 Å². The van der Waals surface area contributed by atoms with Crippen LogP contribution in [0.4, 0.5) is 21.6 Å². The largest absolute Gasteiger partial charge is 0.399 e. The van der Waals surface area contributed by atoms with Gasteiger partial charge in [0.15, 0.2) is 0 Å². The molecule has 1 aliphatic rings. The summed E-state index contributed by atoms with van der Waals surface area (Å²) in [5.41, 5.74) is 6.00. The zero-order valence-corrected chi connectivity index (χ0v) is 12.2. The number of aromatic nitrogens is 1. The van der Waals surface area contributed by atoms with Crippen LogP contribution in [0, 0.1) is 11.7 Å². The molecule has 1 heterocycles. The Hall–Kier alpha value is -2.96. The molecule has 6 nitrogen and oxygen atoms in total. The van der Waals surface area contributed by atoms with E-state index >= 15 is 0 Å². The van der Waals surface area contributed by atoms with E-state index in [1.54, 1.807) is 6.07 Å². The van der Waals surface area contributed by atoms with Crippen LogP contribution in [0.5, 0.6) is 0 Å². The van der Waals surface area contributed by atoms with Crippen molar-refractivity contribution in [3.63, 3.8) is 0 Å². The summed E-state index contributed by atoms with van der Waals surface area (Å²) in [7, 11) is 0. The van der Waals surface area contributed by atoms with Crippen LogP contribution in [0.15, 0.2) is 36.5 Å². The highest BCUT2D eigenvalue weighted by molar-refractivity contribution is 6.05. The van der Waals surface area contributed by atoms with Gasteiger partial charge in [-0.15, -0.1) is 0 Å². The van der Waals surface area contributed by atoms with E-state index in [9.17, 15) is 14.0 Å². The van der Waals surface area contributed by atoms with Gasteiger partial charge in [0.2, 0.25) is 5.91 Å². The van der Waals surface area contributed by atoms with Crippen molar-refractivity contribution >= 4 is 29.0 Å². The van der Waals surface area contributed by atoms with Crippen molar-refractivity contribution in [2.45, 2.75) is 12.8 Å². The van der Waals surface area contributed by atoms with Crippen LogP contribution in [0.1, 0.15) is 23.2 Å². The van der Waals surface area contributed by atoms with Crippen molar-refractivity contribution < 1.29 is 14.0 Å². The molecule has 0 unspecified atom stereocenters. The minimum Gasteiger partial charge on any atom is -0.399 e. The lowest BCUT2D eigenvalue weighted by Gasteiger charge is -2.08. The summed E-state index contributed by atoms with van der Waals surface area (Å²) in [6.45, 7) is 0. The van der Waals surface area contributed by atoms with E-state index in [2.05, 4.69) is 15.6 Å². The van der Waals surface area contributed by atoms with Gasteiger partial charge in [0.1, 0.15) is 11.6 Å². The molecule has 0 saturated heterocycles. The minimum atomic E-state index is -0.696. The van der Waals surface area contributed by atoms with Gasteiger partial charge in [-0.1, -0.05) is 0 Å². The molecule has 1 aliphatic carbocycles. The molecule has 2 aromatic rings. The highest BCUT2D eigenvalue weighted by Crippen LogP contribution is 2.30. The summed E-state index contributed by atoms with van der Waals surface area (Å²) < 4.78 is 13.7. The van der Waals surface area contributed by atoms with Crippen LogP contribution in [0.25, 0.3) is 0 Å². The van der Waals surface area contributed by atoms with Crippen molar-refractivity contribution in [1.29, 1.82) is 0 Å². The Kier molecular flexibility index (Phi) is 3.92. The predicted octanol–water partition coefficient (Wildman–Crippen LogP) is 2.40. The van der Waals surface area contributed by atoms with Crippen molar-refractivity contribution in [3.05, 3.63) is 47.9 Å². The molecule has 0 bridgehead atoms. The molecule has 1 fully saturated rings. The van der Waals surface area contributed by atoms with Gasteiger partial charge in [-0.3, -0.25) is 9.59 Å². The smallest absolute Gasteiger partial charge is 0.258 e. The summed E-state index contributed by atoms with van der Waals surface area (Å²) in [4.78, 5) is 27.8. The molecular formula is C16H15FN4O2. The van der Waals surface area contributed by atoms with E-state index in [0.29, 0.717) is 11.5 Å². The number of amides is 2. The van der Waals surface area contributed by atoms with E-state index in [4.69, 9.17) is 5.73 Å². The molecule has 1 aromatic heterocycles. The third-order valence-corrected chi connectivity index (χ3v) is 3.45. The van der Waals surface area contributed by atoms with E-state index in [0.717, 1.165) is 18.9 Å². The molecule has 0 aliphatic heterocycles. The van der Waals surface area contributed by atoms with Gasteiger partial charge in [-0.05, 0) is 37.1 Å². The molecule has 1 aromatic carbocycles. The third kappa shape index (κ3) is 3.63. The molecule has 7 heteroatoms. The number of pyridine rings is 1. The Morgan fingerprint density at radius 2 is 1.96 bits per heavy atom. The summed E-state index contributed by atoms with van der Waals surface area (Å²) in [5, 5.41) is 5.25. The molecule has 0 radical (unpaired) electrons. The van der Waals surface area contributed by atoms with Crippen LogP contribution in [0.3, 0.4) is 0 Å². The lowest BCUT2D eigenvalue weighted by Crippen LogP contribution is -2.16. The van der Waals surface area contributed by atoms with Crippen LogP contribution in [0.2, 0.25) is 0 Å². The normalized spacial score (nSPS) is 13.4. The number of rotatable bonds is 4. The van der Waals surface area contributed by atoms with Crippen molar-refractivity contribution in [3.8, 4) is 0 Å². The van der Waals surface area contributed by atoms with Gasteiger partial charge in [-0.2, -0.15) is 0 Å². The second-order valence-corrected chi connectivity index (χ2v) is 5.39. The van der Waals surface area contributed by atoms with Gasteiger partial charge in [-0.25, -0.2) is 9.37 Å². The number of nitrogens with zero attached hydrogens (tertiary/aromatic N) is 1. The number of carbonyl (C=O) groups is 2. The number of benzene rings is 1. The highest BCUT2D eigenvalue weighted by Gasteiger charge is 2.29. The maximum atomic E-state index is 13.7. The fourth-order valence-electron chi connectivity index (χ4n) is 2.06. The van der Waals surface area contributed by atoms with Gasteiger partial charge < -0.3 is 16.4 Å². The summed E-state index contributed by atoms with van der Waals surface area (Å²) in [6, 6.07) is 6.93. The molecule has 2 amide bonds. The van der Waals surface area contributed by atoms with Crippen LogP contribution >= 0.6 is 0 Å². The molecule has 23 heavy (non-hydrogen) atoms. The third-order valence-electron chi connectivity index (χ3n) is 3.45. The second-order valence-electron chi connectivity index (χ2n) is 5.39. The first-order valence-electron chi connectivity index (χ1n) is 7.16. The van der Waals surface area contributed by atoms with Crippen LogP contribution < -0.4 is 16.4 Å². The number of nitrogens with one attached hydrogen (secondary N) is 2. The quantitative estimate of drug-likeness (QED) is 0.755. The molecule has 4 N–H and O–H groups in total. The number of carbonyl (C=O) groups excluding carboxylic acids is 2. The SMILES string of the molecule is Nc1ccc(C(=O)Nc2ccnc(NC(=O)C3CC3)c2)c(F)c1. The summed E-state index contributed by atoms with van der Waals surface area (Å²) in [5.74, 6) is -0.978. The summed E-state index contributed by atoms with van der Waals surface area (Å²) in [6.07, 6.45) is 3.23. The number of hydrogen-bond donors (Lipinski definition) is 3. The first-order valence-corrected chi connectivity index (χ1v) is 7.16. The standard InChI is InChI=1S/C16H15FN4O2/c17-13-7-10(18)3-4-12(13)16(23)20-11-5-6-19-14(8-11)21-15(22)9-1-2-9/h3-9H,1-2,18H2,(H2,19,20,21,22,23). The average Bonchev–Trinajstić information content (AvgIpc) is 3.32. The average molecular weight is 314 g/mol. The van der Waals surface area contributed by atoms with E-state index < -0.39 is 11.7 Å². The molecule has 3 rings (SSSR count). The number of halogens is 1. The first kappa shape index (κ1) is 15.0. The fourth-order valence-corrected chi connectivity index (χ4v) is 2.06. The Bertz CT molecular complexity index is 774. The molecule has 0 atom stereocenters. The maximum Gasteiger partial charge on any atom is 0.258 e. The second kappa shape index (κ2) is 6.04. The molecule has 118 valence electrons. The van der Waals surface area contributed by atoms with Crippen LogP contribution in [-0.4, -0.2) is 16.8 Å². The monoisotopic (exact) mass is 314 g/mol. The zero-order valence-electron chi connectivity index (χ0n) is 12.2. The molecule has 0 spiro atoms. The highest BCUT2D eigenvalue weighted by atomic mass is 19.1. The topological polar surface area (TPSA) is 97.1 Å². The number of hydrogen-bond acceptors (Lipinski definition) is 4. The van der Waals surface area contributed by atoms with E-state index in [1.807, 2.05) is 0 Å². The zero-order chi connectivity index (χ0) is 16.4.